The van der Waals surface area contributed by atoms with Crippen LogP contribution in [0.5, 0.6) is 0 Å². The van der Waals surface area contributed by atoms with Gasteiger partial charge >= 0.3 is 0 Å². The molecule has 0 aliphatic rings. The van der Waals surface area contributed by atoms with Crippen molar-refractivity contribution >= 4 is 44.7 Å². The van der Waals surface area contributed by atoms with E-state index in [1.807, 2.05) is 13.0 Å². The number of nitrogens with one attached hydrogen (secondary N) is 1. The van der Waals surface area contributed by atoms with Crippen LogP contribution in [0.15, 0.2) is 22.7 Å². The lowest BCUT2D eigenvalue weighted by Crippen LogP contribution is -2.20. The molecule has 0 radical (unpaired) electrons. The summed E-state index contributed by atoms with van der Waals surface area (Å²) in [5, 5.41) is 2.94. The first-order valence-corrected chi connectivity index (χ1v) is 5.64. The predicted molar refractivity (Wildman–Crippen MR) is 69.2 cm³/mol. The van der Waals surface area contributed by atoms with Crippen LogP contribution >= 0.6 is 28.1 Å². The summed E-state index contributed by atoms with van der Waals surface area (Å²) in [6.07, 6.45) is 0.452. The van der Waals surface area contributed by atoms with Gasteiger partial charge in [0.05, 0.1) is 5.69 Å². The molecule has 0 heterocycles. The highest BCUT2D eigenvalue weighted by Gasteiger charge is 2.10. The van der Waals surface area contributed by atoms with Gasteiger partial charge in [0.25, 0.3) is 0 Å². The predicted octanol–water partition coefficient (Wildman–Crippen LogP) is 2.70. The number of carbonyl (C=O) groups excluding carboxylic acids is 1. The van der Waals surface area contributed by atoms with Gasteiger partial charge in [0, 0.05) is 16.5 Å². The molecule has 0 bridgehead atoms. The Morgan fingerprint density at radius 3 is 2.80 bits per heavy atom. The van der Waals surface area contributed by atoms with Crippen LogP contribution in [0.4, 0.5) is 5.69 Å². The van der Waals surface area contributed by atoms with E-state index in [-0.39, 0.29) is 10.9 Å². The zero-order chi connectivity index (χ0) is 11.4. The quantitative estimate of drug-likeness (QED) is 0.663. The Morgan fingerprint density at radius 1 is 1.60 bits per heavy atom. The van der Waals surface area contributed by atoms with Gasteiger partial charge in [0.15, 0.2) is 10.9 Å². The maximum Gasteiger partial charge on any atom is 0.168 e. The molecule has 1 rings (SSSR count). The number of nitrogens with two attached hydrogens (primary N) is 1. The highest BCUT2D eigenvalue weighted by Crippen LogP contribution is 2.22. The molecule has 1 aromatic carbocycles. The topological polar surface area (TPSA) is 55.1 Å². The molecule has 0 atom stereocenters. The van der Waals surface area contributed by atoms with E-state index in [0.29, 0.717) is 17.7 Å². The first-order chi connectivity index (χ1) is 7.04. The van der Waals surface area contributed by atoms with Crippen LogP contribution in [0, 0.1) is 0 Å². The summed E-state index contributed by atoms with van der Waals surface area (Å²) in [6, 6.07) is 5.34. The SMILES string of the molecule is CCC(=O)c1ccc(Br)cc1NC(N)=S. The van der Waals surface area contributed by atoms with Crippen molar-refractivity contribution in [1.82, 2.24) is 0 Å². The minimum atomic E-state index is 0.0567. The van der Waals surface area contributed by atoms with Gasteiger partial charge in [-0.25, -0.2) is 0 Å². The number of Topliss-reactive ketones (excluding diaryl/α,β-unsaturated/α-hetero) is 1. The maximum absolute atomic E-state index is 11.6. The van der Waals surface area contributed by atoms with E-state index >= 15 is 0 Å². The van der Waals surface area contributed by atoms with Crippen molar-refractivity contribution < 1.29 is 4.79 Å². The lowest BCUT2D eigenvalue weighted by atomic mass is 10.1. The largest absolute Gasteiger partial charge is 0.376 e. The second-order valence-electron chi connectivity index (χ2n) is 2.96. The van der Waals surface area contributed by atoms with E-state index in [1.165, 1.54) is 0 Å². The molecule has 15 heavy (non-hydrogen) atoms. The van der Waals surface area contributed by atoms with Crippen molar-refractivity contribution in [3.8, 4) is 0 Å². The molecule has 0 unspecified atom stereocenters. The van der Waals surface area contributed by atoms with Gasteiger partial charge in [0.2, 0.25) is 0 Å². The summed E-state index contributed by atoms with van der Waals surface area (Å²) < 4.78 is 0.869. The first-order valence-electron chi connectivity index (χ1n) is 4.43. The van der Waals surface area contributed by atoms with Crippen LogP contribution < -0.4 is 11.1 Å². The minimum absolute atomic E-state index is 0.0567. The second-order valence-corrected chi connectivity index (χ2v) is 4.31. The Hall–Kier alpha value is -0.940. The molecule has 1 aromatic rings. The van der Waals surface area contributed by atoms with Gasteiger partial charge < -0.3 is 11.1 Å². The van der Waals surface area contributed by atoms with E-state index < -0.39 is 0 Å². The number of carbonyl (C=O) groups is 1. The molecule has 0 amide bonds. The van der Waals surface area contributed by atoms with E-state index in [4.69, 9.17) is 18.0 Å². The number of thiocarbonyl (C=S) groups is 1. The fraction of sp³-hybridized carbons (Fsp3) is 0.200. The Morgan fingerprint density at radius 2 is 2.27 bits per heavy atom. The maximum atomic E-state index is 11.6. The van der Waals surface area contributed by atoms with Crippen molar-refractivity contribution in [2.24, 2.45) is 5.73 Å². The van der Waals surface area contributed by atoms with Crippen molar-refractivity contribution in [3.05, 3.63) is 28.2 Å². The standard InChI is InChI=1S/C10H11BrN2OS/c1-2-9(14)7-4-3-6(11)5-8(7)13-10(12)15/h3-5H,2H2,1H3,(H3,12,13,15). The molecule has 0 aromatic heterocycles. The molecule has 5 heteroatoms. The van der Waals surface area contributed by atoms with Crippen LogP contribution in [0.3, 0.4) is 0 Å². The van der Waals surface area contributed by atoms with Crippen molar-refractivity contribution in [2.75, 3.05) is 5.32 Å². The van der Waals surface area contributed by atoms with Crippen molar-refractivity contribution in [2.45, 2.75) is 13.3 Å². The van der Waals surface area contributed by atoms with E-state index in [1.54, 1.807) is 12.1 Å². The van der Waals surface area contributed by atoms with Gasteiger partial charge in [-0.05, 0) is 30.4 Å². The molecule has 0 saturated carbocycles. The fourth-order valence-corrected chi connectivity index (χ4v) is 1.66. The molecular weight excluding hydrogens is 276 g/mol. The Kier molecular flexibility index (Phi) is 4.23. The van der Waals surface area contributed by atoms with E-state index in [9.17, 15) is 4.79 Å². The number of anilines is 1. The Bertz CT molecular complexity index is 406. The molecule has 0 aliphatic heterocycles. The lowest BCUT2D eigenvalue weighted by molar-refractivity contribution is 0.0989. The van der Waals surface area contributed by atoms with Gasteiger partial charge in [-0.1, -0.05) is 22.9 Å². The monoisotopic (exact) mass is 286 g/mol. The van der Waals surface area contributed by atoms with Gasteiger partial charge in [-0.15, -0.1) is 0 Å². The molecule has 3 nitrogen and oxygen atoms in total. The Labute approximate surface area is 102 Å². The van der Waals surface area contributed by atoms with Crippen LogP contribution in [-0.4, -0.2) is 10.9 Å². The van der Waals surface area contributed by atoms with Gasteiger partial charge in [0.1, 0.15) is 0 Å². The highest BCUT2D eigenvalue weighted by molar-refractivity contribution is 9.10. The van der Waals surface area contributed by atoms with Crippen molar-refractivity contribution in [3.63, 3.8) is 0 Å². The third-order valence-corrected chi connectivity index (χ3v) is 2.46. The third kappa shape index (κ3) is 3.28. The van der Waals surface area contributed by atoms with Crippen LogP contribution in [0.1, 0.15) is 23.7 Å². The smallest absolute Gasteiger partial charge is 0.168 e. The number of rotatable bonds is 3. The molecule has 0 aliphatic carbocycles. The number of halogens is 1. The molecule has 0 spiro atoms. The zero-order valence-electron chi connectivity index (χ0n) is 8.21. The first kappa shape index (κ1) is 12.1. The summed E-state index contributed by atoms with van der Waals surface area (Å²) >= 11 is 8.07. The number of ketones is 1. The summed E-state index contributed by atoms with van der Waals surface area (Å²) in [5.74, 6) is 0.0567. The van der Waals surface area contributed by atoms with Gasteiger partial charge in [-0.2, -0.15) is 0 Å². The zero-order valence-corrected chi connectivity index (χ0v) is 10.6. The van der Waals surface area contributed by atoms with E-state index in [2.05, 4.69) is 21.2 Å². The van der Waals surface area contributed by atoms with Gasteiger partial charge in [-0.3, -0.25) is 4.79 Å². The normalized spacial score (nSPS) is 9.73. The highest BCUT2D eigenvalue weighted by atomic mass is 79.9. The minimum Gasteiger partial charge on any atom is -0.376 e. The van der Waals surface area contributed by atoms with Crippen molar-refractivity contribution in [1.29, 1.82) is 0 Å². The second kappa shape index (κ2) is 5.23. The number of benzene rings is 1. The summed E-state index contributed by atoms with van der Waals surface area (Å²) in [6.45, 7) is 1.81. The average Bonchev–Trinajstić information content (AvgIpc) is 2.16. The van der Waals surface area contributed by atoms with E-state index in [0.717, 1.165) is 4.47 Å². The lowest BCUT2D eigenvalue weighted by Gasteiger charge is -2.09. The van der Waals surface area contributed by atoms with Crippen LogP contribution in [-0.2, 0) is 0 Å². The molecular formula is C10H11BrN2OS. The van der Waals surface area contributed by atoms with Crippen LogP contribution in [0.25, 0.3) is 0 Å². The summed E-state index contributed by atoms with van der Waals surface area (Å²) in [4.78, 5) is 11.6. The molecule has 3 N–H and O–H groups in total. The summed E-state index contributed by atoms with van der Waals surface area (Å²) in [7, 11) is 0. The summed E-state index contributed by atoms with van der Waals surface area (Å²) in [5.41, 5.74) is 6.63. The fourth-order valence-electron chi connectivity index (χ4n) is 1.19. The molecule has 80 valence electrons. The average molecular weight is 287 g/mol. The number of hydrogen-bond acceptors (Lipinski definition) is 2. The number of hydrogen-bond donors (Lipinski definition) is 2. The molecule has 0 fully saturated rings. The Balaban J connectivity index is 3.13. The van der Waals surface area contributed by atoms with Crippen LogP contribution in [0.2, 0.25) is 0 Å². The third-order valence-electron chi connectivity index (χ3n) is 1.86. The molecule has 0 saturated heterocycles.